The molecule has 19 heavy (non-hydrogen) atoms. The third kappa shape index (κ3) is 3.29. The van der Waals surface area contributed by atoms with E-state index >= 15 is 0 Å². The molecule has 5 heteroatoms. The highest BCUT2D eigenvalue weighted by atomic mass is 35.5. The quantitative estimate of drug-likeness (QED) is 0.934. The number of aromatic nitrogens is 1. The number of benzene rings is 1. The zero-order chi connectivity index (χ0) is 13.8. The minimum Gasteiger partial charge on any atom is -0.481 e. The summed E-state index contributed by atoms with van der Waals surface area (Å²) in [5.41, 5.74) is 0.715. The van der Waals surface area contributed by atoms with Crippen LogP contribution in [0.5, 0.6) is 0 Å². The van der Waals surface area contributed by atoms with Crippen molar-refractivity contribution in [2.75, 3.05) is 0 Å². The molecule has 0 aliphatic heterocycles. The summed E-state index contributed by atoms with van der Waals surface area (Å²) in [6, 6.07) is 9.42. The van der Waals surface area contributed by atoms with Gasteiger partial charge in [-0.25, -0.2) is 4.39 Å². The van der Waals surface area contributed by atoms with Gasteiger partial charge in [0.2, 0.25) is 0 Å². The SMILES string of the molecule is O=C(O)C(Cc1ccc(Cl)cc1)c1ncccc1F. The highest BCUT2D eigenvalue weighted by Gasteiger charge is 2.24. The largest absolute Gasteiger partial charge is 0.481 e. The zero-order valence-corrected chi connectivity index (χ0v) is 10.6. The molecule has 0 amide bonds. The van der Waals surface area contributed by atoms with E-state index < -0.39 is 17.7 Å². The third-order valence-corrected chi connectivity index (χ3v) is 3.02. The van der Waals surface area contributed by atoms with Crippen molar-refractivity contribution in [3.63, 3.8) is 0 Å². The van der Waals surface area contributed by atoms with Crippen molar-refractivity contribution in [2.45, 2.75) is 12.3 Å². The van der Waals surface area contributed by atoms with Crippen LogP contribution >= 0.6 is 11.6 Å². The fourth-order valence-corrected chi connectivity index (χ4v) is 1.94. The molecule has 0 saturated heterocycles. The maximum atomic E-state index is 13.6. The van der Waals surface area contributed by atoms with Crippen molar-refractivity contribution < 1.29 is 14.3 Å². The summed E-state index contributed by atoms with van der Waals surface area (Å²) in [6.45, 7) is 0. The predicted molar refractivity (Wildman–Crippen MR) is 69.7 cm³/mol. The molecule has 1 aromatic carbocycles. The second-order valence-electron chi connectivity index (χ2n) is 4.09. The van der Waals surface area contributed by atoms with Gasteiger partial charge in [0.15, 0.2) is 0 Å². The molecule has 98 valence electrons. The molecule has 3 nitrogen and oxygen atoms in total. The van der Waals surface area contributed by atoms with Crippen LogP contribution in [0.2, 0.25) is 5.02 Å². The molecule has 1 heterocycles. The zero-order valence-electron chi connectivity index (χ0n) is 9.88. The standard InChI is InChI=1S/C14H11ClFNO2/c15-10-5-3-9(4-6-10)8-11(14(18)19)13-12(16)2-1-7-17-13/h1-7,11H,8H2,(H,18,19). The monoisotopic (exact) mass is 279 g/mol. The van der Waals surface area contributed by atoms with Crippen molar-refractivity contribution in [3.05, 3.63) is 64.7 Å². The highest BCUT2D eigenvalue weighted by Crippen LogP contribution is 2.22. The first-order valence-corrected chi connectivity index (χ1v) is 6.03. The summed E-state index contributed by atoms with van der Waals surface area (Å²) in [7, 11) is 0. The molecule has 0 fully saturated rings. The van der Waals surface area contributed by atoms with E-state index in [0.717, 1.165) is 5.56 Å². The van der Waals surface area contributed by atoms with E-state index in [2.05, 4.69) is 4.98 Å². The van der Waals surface area contributed by atoms with Crippen molar-refractivity contribution in [1.29, 1.82) is 0 Å². The van der Waals surface area contributed by atoms with E-state index in [4.69, 9.17) is 11.6 Å². The summed E-state index contributed by atoms with van der Waals surface area (Å²) in [5, 5.41) is 9.80. The van der Waals surface area contributed by atoms with Gasteiger partial charge in [-0.2, -0.15) is 0 Å². The van der Waals surface area contributed by atoms with Crippen molar-refractivity contribution in [2.24, 2.45) is 0 Å². The fourth-order valence-electron chi connectivity index (χ4n) is 1.81. The maximum Gasteiger partial charge on any atom is 0.313 e. The second kappa shape index (κ2) is 5.80. The Balaban J connectivity index is 2.29. The summed E-state index contributed by atoms with van der Waals surface area (Å²) in [4.78, 5) is 15.1. The smallest absolute Gasteiger partial charge is 0.313 e. The Labute approximate surface area is 114 Å². The Morgan fingerprint density at radius 3 is 2.58 bits per heavy atom. The molecule has 2 aromatic rings. The summed E-state index contributed by atoms with van der Waals surface area (Å²) in [6.07, 6.45) is 1.55. The molecule has 0 aliphatic carbocycles. The fraction of sp³-hybridized carbons (Fsp3) is 0.143. The Bertz CT molecular complexity index is 586. The highest BCUT2D eigenvalue weighted by molar-refractivity contribution is 6.30. The van der Waals surface area contributed by atoms with Crippen LogP contribution in [0.3, 0.4) is 0 Å². The Hall–Kier alpha value is -1.94. The van der Waals surface area contributed by atoms with Crippen LogP contribution < -0.4 is 0 Å². The van der Waals surface area contributed by atoms with E-state index in [-0.39, 0.29) is 12.1 Å². The molecule has 0 spiro atoms. The molecule has 0 saturated carbocycles. The summed E-state index contributed by atoms with van der Waals surface area (Å²) in [5.74, 6) is -2.72. The molecule has 0 aliphatic rings. The lowest BCUT2D eigenvalue weighted by Gasteiger charge is -2.12. The lowest BCUT2D eigenvalue weighted by Crippen LogP contribution is -2.17. The number of aliphatic carboxylic acids is 1. The molecule has 0 bridgehead atoms. The Morgan fingerprint density at radius 1 is 1.32 bits per heavy atom. The summed E-state index contributed by atoms with van der Waals surface area (Å²) < 4.78 is 13.6. The number of nitrogens with zero attached hydrogens (tertiary/aromatic N) is 1. The first kappa shape index (κ1) is 13.5. The minimum atomic E-state index is -1.10. The van der Waals surface area contributed by atoms with Gasteiger partial charge >= 0.3 is 5.97 Å². The van der Waals surface area contributed by atoms with Gasteiger partial charge in [0.1, 0.15) is 11.7 Å². The Kier molecular flexibility index (Phi) is 4.12. The van der Waals surface area contributed by atoms with Crippen LogP contribution in [0.25, 0.3) is 0 Å². The third-order valence-electron chi connectivity index (χ3n) is 2.77. The van der Waals surface area contributed by atoms with Gasteiger partial charge in [-0.15, -0.1) is 0 Å². The van der Waals surface area contributed by atoms with Crippen LogP contribution in [-0.4, -0.2) is 16.1 Å². The topological polar surface area (TPSA) is 50.2 Å². The molecule has 0 radical (unpaired) electrons. The number of carboxylic acids is 1. The van der Waals surface area contributed by atoms with E-state index in [0.29, 0.717) is 5.02 Å². The lowest BCUT2D eigenvalue weighted by atomic mass is 9.95. The van der Waals surface area contributed by atoms with Crippen LogP contribution in [-0.2, 0) is 11.2 Å². The summed E-state index contributed by atoms with van der Waals surface area (Å²) >= 11 is 5.76. The van der Waals surface area contributed by atoms with Gasteiger partial charge < -0.3 is 5.11 Å². The lowest BCUT2D eigenvalue weighted by molar-refractivity contribution is -0.138. The predicted octanol–water partition coefficient (Wildman–Crippen LogP) is 3.29. The average Bonchev–Trinajstić information content (AvgIpc) is 2.39. The molecule has 1 aromatic heterocycles. The number of hydrogen-bond donors (Lipinski definition) is 1. The first-order valence-electron chi connectivity index (χ1n) is 5.65. The van der Waals surface area contributed by atoms with E-state index in [1.54, 1.807) is 24.3 Å². The maximum absolute atomic E-state index is 13.6. The molecule has 2 rings (SSSR count). The molecular weight excluding hydrogens is 269 g/mol. The molecule has 1 N–H and O–H groups in total. The number of pyridine rings is 1. The number of halogens is 2. The minimum absolute atomic E-state index is 0.0510. The number of hydrogen-bond acceptors (Lipinski definition) is 2. The number of carbonyl (C=O) groups is 1. The molecular formula is C14H11ClFNO2. The number of rotatable bonds is 4. The van der Waals surface area contributed by atoms with Gasteiger partial charge in [-0.05, 0) is 36.2 Å². The van der Waals surface area contributed by atoms with E-state index in [1.807, 2.05) is 0 Å². The van der Waals surface area contributed by atoms with Crippen LogP contribution in [0, 0.1) is 5.82 Å². The number of carboxylic acid groups (broad SMARTS) is 1. The second-order valence-corrected chi connectivity index (χ2v) is 4.53. The van der Waals surface area contributed by atoms with E-state index in [1.165, 1.54) is 18.3 Å². The van der Waals surface area contributed by atoms with Crippen LogP contribution in [0.1, 0.15) is 17.2 Å². The normalized spacial score (nSPS) is 12.1. The van der Waals surface area contributed by atoms with Gasteiger partial charge in [0.25, 0.3) is 0 Å². The Morgan fingerprint density at radius 2 is 2.00 bits per heavy atom. The van der Waals surface area contributed by atoms with Gasteiger partial charge in [0.05, 0.1) is 5.69 Å². The van der Waals surface area contributed by atoms with Crippen LogP contribution in [0.15, 0.2) is 42.6 Å². The van der Waals surface area contributed by atoms with Gasteiger partial charge in [-0.1, -0.05) is 23.7 Å². The van der Waals surface area contributed by atoms with Gasteiger partial charge in [0, 0.05) is 11.2 Å². The van der Waals surface area contributed by atoms with E-state index in [9.17, 15) is 14.3 Å². The van der Waals surface area contributed by atoms with Crippen LogP contribution in [0.4, 0.5) is 4.39 Å². The molecule has 1 unspecified atom stereocenters. The van der Waals surface area contributed by atoms with Crippen molar-refractivity contribution in [1.82, 2.24) is 4.98 Å². The van der Waals surface area contributed by atoms with Crippen molar-refractivity contribution >= 4 is 17.6 Å². The first-order chi connectivity index (χ1) is 9.08. The molecule has 1 atom stereocenters. The average molecular weight is 280 g/mol. The van der Waals surface area contributed by atoms with Gasteiger partial charge in [-0.3, -0.25) is 9.78 Å². The van der Waals surface area contributed by atoms with Crippen molar-refractivity contribution in [3.8, 4) is 0 Å².